The van der Waals surface area contributed by atoms with Crippen LogP contribution in [-0.2, 0) is 6.42 Å². The minimum Gasteiger partial charge on any atom is -0.0795 e. The van der Waals surface area contributed by atoms with Gasteiger partial charge in [0.15, 0.2) is 0 Å². The zero-order chi connectivity index (χ0) is 15.0. The van der Waals surface area contributed by atoms with Crippen LogP contribution in [0.1, 0.15) is 16.7 Å². The highest BCUT2D eigenvalue weighted by atomic mass is 14.3. The van der Waals surface area contributed by atoms with Gasteiger partial charge in [-0.15, -0.1) is 0 Å². The van der Waals surface area contributed by atoms with Gasteiger partial charge in [0, 0.05) is 0 Å². The molecule has 4 aromatic rings. The Balaban J connectivity index is 2.00. The topological polar surface area (TPSA) is 0 Å². The third-order valence-corrected chi connectivity index (χ3v) is 5.38. The van der Waals surface area contributed by atoms with Crippen LogP contribution in [0.2, 0.25) is 0 Å². The zero-order valence-electron chi connectivity index (χ0n) is 12.6. The predicted molar refractivity (Wildman–Crippen MR) is 98.4 cm³/mol. The van der Waals surface area contributed by atoms with E-state index in [1.807, 2.05) is 0 Å². The smallest absolute Gasteiger partial charge is 0.00201 e. The molecule has 0 amide bonds. The normalized spacial score (nSPS) is 14.1. The minimum absolute atomic E-state index is 1.04. The molecule has 0 radical (unpaired) electrons. The highest BCUT2D eigenvalue weighted by molar-refractivity contribution is 6.18. The zero-order valence-corrected chi connectivity index (χ0v) is 12.6. The highest BCUT2D eigenvalue weighted by Gasteiger charge is 2.22. The van der Waals surface area contributed by atoms with Crippen molar-refractivity contribution in [2.75, 3.05) is 0 Å². The van der Waals surface area contributed by atoms with Gasteiger partial charge in [-0.2, -0.15) is 0 Å². The number of benzene rings is 4. The minimum atomic E-state index is 1.04. The third-order valence-electron chi connectivity index (χ3n) is 5.38. The van der Waals surface area contributed by atoms with Crippen molar-refractivity contribution < 1.29 is 0 Å². The Morgan fingerprint density at radius 1 is 0.783 bits per heavy atom. The van der Waals surface area contributed by atoms with Crippen LogP contribution >= 0.6 is 0 Å². The lowest BCUT2D eigenvalue weighted by atomic mass is 9.84. The first-order valence-corrected chi connectivity index (χ1v) is 8.19. The van der Waals surface area contributed by atoms with Crippen molar-refractivity contribution in [1.29, 1.82) is 0 Å². The maximum Gasteiger partial charge on any atom is -0.00201 e. The molecule has 0 bridgehead atoms. The molecular weight excluding hydrogens is 276 g/mol. The molecule has 0 saturated heterocycles. The SMILES string of the molecule is C1=Cc2c3c(c4cccc5ccc(c2c54)C1)=Cc1ccccc1-3. The molecule has 0 fully saturated rings. The molecule has 2 aliphatic carbocycles. The fourth-order valence-electron chi connectivity index (χ4n) is 4.45. The summed E-state index contributed by atoms with van der Waals surface area (Å²) in [5.74, 6) is 0. The van der Waals surface area contributed by atoms with Gasteiger partial charge in [0.05, 0.1) is 0 Å². The van der Waals surface area contributed by atoms with Crippen molar-refractivity contribution in [2.24, 2.45) is 0 Å². The predicted octanol–water partition coefficient (Wildman–Crippen LogP) is 5.09. The molecule has 0 spiro atoms. The summed E-state index contributed by atoms with van der Waals surface area (Å²) in [5.41, 5.74) is 7.01. The lowest BCUT2D eigenvalue weighted by molar-refractivity contribution is 1.30. The number of rotatable bonds is 0. The lowest BCUT2D eigenvalue weighted by Gasteiger charge is -2.19. The van der Waals surface area contributed by atoms with E-state index in [2.05, 4.69) is 72.8 Å². The van der Waals surface area contributed by atoms with Crippen molar-refractivity contribution in [3.63, 3.8) is 0 Å². The second-order valence-corrected chi connectivity index (χ2v) is 6.54. The van der Waals surface area contributed by atoms with E-state index in [1.165, 1.54) is 54.6 Å². The van der Waals surface area contributed by atoms with Gasteiger partial charge in [-0.3, -0.25) is 0 Å². The fourth-order valence-corrected chi connectivity index (χ4v) is 4.45. The molecule has 0 N–H and O–H groups in total. The van der Waals surface area contributed by atoms with Crippen LogP contribution in [0.25, 0.3) is 44.8 Å². The molecular formula is C23H14. The van der Waals surface area contributed by atoms with E-state index in [9.17, 15) is 0 Å². The van der Waals surface area contributed by atoms with E-state index in [0.717, 1.165) is 6.42 Å². The summed E-state index contributed by atoms with van der Waals surface area (Å²) < 4.78 is 0. The van der Waals surface area contributed by atoms with E-state index >= 15 is 0 Å². The quantitative estimate of drug-likeness (QED) is 0.372. The summed E-state index contributed by atoms with van der Waals surface area (Å²) in [4.78, 5) is 0. The summed E-state index contributed by atoms with van der Waals surface area (Å²) in [6.45, 7) is 0. The molecule has 0 atom stereocenters. The Labute approximate surface area is 134 Å². The van der Waals surface area contributed by atoms with Crippen molar-refractivity contribution in [3.05, 3.63) is 82.6 Å². The number of hydrogen-bond donors (Lipinski definition) is 0. The lowest BCUT2D eigenvalue weighted by Crippen LogP contribution is -2.09. The monoisotopic (exact) mass is 290 g/mol. The van der Waals surface area contributed by atoms with Crippen LogP contribution in [0.15, 0.2) is 60.7 Å². The van der Waals surface area contributed by atoms with Crippen LogP contribution in [0.4, 0.5) is 0 Å². The second-order valence-electron chi connectivity index (χ2n) is 6.54. The van der Waals surface area contributed by atoms with Gasteiger partial charge >= 0.3 is 0 Å². The van der Waals surface area contributed by atoms with Gasteiger partial charge in [-0.1, -0.05) is 66.7 Å². The third kappa shape index (κ3) is 1.33. The Hall–Kier alpha value is -2.86. The van der Waals surface area contributed by atoms with Crippen molar-refractivity contribution in [2.45, 2.75) is 6.42 Å². The van der Waals surface area contributed by atoms with Crippen LogP contribution < -0.4 is 5.22 Å². The van der Waals surface area contributed by atoms with Gasteiger partial charge in [0.2, 0.25) is 0 Å². The van der Waals surface area contributed by atoms with Gasteiger partial charge in [-0.25, -0.2) is 0 Å². The van der Waals surface area contributed by atoms with Crippen LogP contribution in [0.3, 0.4) is 0 Å². The molecule has 0 aromatic heterocycles. The summed E-state index contributed by atoms with van der Waals surface area (Å²) in [5, 5.41) is 7.04. The maximum absolute atomic E-state index is 2.37. The molecule has 0 nitrogen and oxygen atoms in total. The largest absolute Gasteiger partial charge is 0.0795 e. The van der Waals surface area contributed by atoms with Crippen molar-refractivity contribution in [1.82, 2.24) is 0 Å². The Bertz CT molecular complexity index is 1220. The molecule has 23 heavy (non-hydrogen) atoms. The Morgan fingerprint density at radius 2 is 1.74 bits per heavy atom. The summed E-state index contributed by atoms with van der Waals surface area (Å²) in [6, 6.07) is 20.1. The van der Waals surface area contributed by atoms with E-state index < -0.39 is 0 Å². The van der Waals surface area contributed by atoms with E-state index in [4.69, 9.17) is 0 Å². The molecule has 2 aliphatic rings. The summed E-state index contributed by atoms with van der Waals surface area (Å²) >= 11 is 0. The summed E-state index contributed by atoms with van der Waals surface area (Å²) in [7, 11) is 0. The van der Waals surface area contributed by atoms with Crippen molar-refractivity contribution >= 4 is 33.7 Å². The first-order valence-electron chi connectivity index (χ1n) is 8.19. The standard InChI is InChI=1S/C23H14/c1-2-8-17-16(5-1)13-20-18-9-3-6-14-11-12-15-7-4-10-19(23(17)20)22(15)21(14)18/h1-6,8-13H,7H2. The first-order chi connectivity index (χ1) is 11.4. The average Bonchev–Trinajstić information content (AvgIpc) is 3.00. The number of fused-ring (bicyclic) bond motifs is 5. The molecule has 0 saturated carbocycles. The average molecular weight is 290 g/mol. The molecule has 4 aromatic carbocycles. The first kappa shape index (κ1) is 11.7. The van der Waals surface area contributed by atoms with Crippen LogP contribution in [0.5, 0.6) is 0 Å². The molecule has 0 heterocycles. The Morgan fingerprint density at radius 3 is 2.74 bits per heavy atom. The molecule has 6 rings (SSSR count). The van der Waals surface area contributed by atoms with Gasteiger partial charge in [-0.05, 0) is 67.1 Å². The van der Waals surface area contributed by atoms with Crippen LogP contribution in [-0.4, -0.2) is 0 Å². The summed E-state index contributed by atoms with van der Waals surface area (Å²) in [6.07, 6.45) is 8.05. The Kier molecular flexibility index (Phi) is 1.98. The van der Waals surface area contributed by atoms with E-state index in [1.54, 1.807) is 0 Å². The van der Waals surface area contributed by atoms with E-state index in [0.29, 0.717) is 0 Å². The molecule has 0 unspecified atom stereocenters. The maximum atomic E-state index is 2.37. The van der Waals surface area contributed by atoms with E-state index in [-0.39, 0.29) is 0 Å². The molecule has 0 heteroatoms. The highest BCUT2D eigenvalue weighted by Crippen LogP contribution is 2.41. The second kappa shape index (κ2) is 3.91. The van der Waals surface area contributed by atoms with Gasteiger partial charge in [0.25, 0.3) is 0 Å². The number of hydrogen-bond acceptors (Lipinski definition) is 0. The fraction of sp³-hybridized carbons (Fsp3) is 0.0435. The number of allylic oxidation sites excluding steroid dienone is 1. The van der Waals surface area contributed by atoms with Crippen molar-refractivity contribution in [3.8, 4) is 11.1 Å². The molecule has 106 valence electrons. The molecule has 0 aliphatic heterocycles. The van der Waals surface area contributed by atoms with Gasteiger partial charge in [0.1, 0.15) is 0 Å². The van der Waals surface area contributed by atoms with Crippen LogP contribution in [0, 0.1) is 0 Å². The van der Waals surface area contributed by atoms with Gasteiger partial charge < -0.3 is 0 Å².